The second-order valence-corrected chi connectivity index (χ2v) is 6.38. The third-order valence-corrected chi connectivity index (χ3v) is 4.06. The molecule has 0 amide bonds. The lowest BCUT2D eigenvalue weighted by Gasteiger charge is -2.26. The minimum absolute atomic E-state index is 0.339. The van der Waals surface area contributed by atoms with E-state index in [1.54, 1.807) is 0 Å². The number of fused-ring (bicyclic) bond motifs is 1. The molecule has 0 saturated carbocycles. The lowest BCUT2D eigenvalue weighted by molar-refractivity contribution is 0.270. The minimum Gasteiger partial charge on any atom is -0.328 e. The number of aromatic nitrogens is 4. The van der Waals surface area contributed by atoms with Crippen LogP contribution in [0.15, 0.2) is 0 Å². The molecule has 1 N–H and O–H groups in total. The number of hydrogen-bond donors (Lipinski definition) is 1. The molecule has 1 unspecified atom stereocenters. The fraction of sp³-hybridized carbons (Fsp3) is 0.714. The standard InChI is InChI=1S/C14H25N5S/c1-7-10-12-13(18(6)16-10)19(14(20)15-12)11(9(2)3)8-17(4)5/h9,11H,7-8H2,1-6H3,(H,15,20). The van der Waals surface area contributed by atoms with Gasteiger partial charge in [0.15, 0.2) is 10.4 Å². The SMILES string of the molecule is CCc1nn(C)c2c1[nH]c(=S)n2C(CN(C)C)C(C)C. The van der Waals surface area contributed by atoms with Crippen molar-refractivity contribution in [2.24, 2.45) is 13.0 Å². The van der Waals surface area contributed by atoms with Gasteiger partial charge in [0.1, 0.15) is 5.52 Å². The first-order chi connectivity index (χ1) is 9.36. The van der Waals surface area contributed by atoms with Gasteiger partial charge in [0.25, 0.3) is 0 Å². The maximum Gasteiger partial charge on any atom is 0.179 e. The molecule has 0 aromatic carbocycles. The molecule has 0 fully saturated rings. The normalized spacial score (nSPS) is 13.8. The molecule has 112 valence electrons. The Hall–Kier alpha value is -1.14. The van der Waals surface area contributed by atoms with Crippen molar-refractivity contribution in [3.63, 3.8) is 0 Å². The average molecular weight is 295 g/mol. The van der Waals surface area contributed by atoms with Crippen LogP contribution in [0, 0.1) is 10.7 Å². The quantitative estimate of drug-likeness (QED) is 0.862. The van der Waals surface area contributed by atoms with Crippen molar-refractivity contribution in [3.05, 3.63) is 10.5 Å². The molecule has 0 radical (unpaired) electrons. The molecule has 2 rings (SSSR count). The number of imidazole rings is 1. The van der Waals surface area contributed by atoms with Crippen molar-refractivity contribution in [1.82, 2.24) is 24.2 Å². The van der Waals surface area contributed by atoms with Crippen LogP contribution in [0.2, 0.25) is 0 Å². The molecule has 0 saturated heterocycles. The second kappa shape index (κ2) is 5.69. The van der Waals surface area contributed by atoms with Crippen molar-refractivity contribution >= 4 is 23.4 Å². The summed E-state index contributed by atoms with van der Waals surface area (Å²) in [5.74, 6) is 0.503. The molecular weight excluding hydrogens is 270 g/mol. The molecule has 0 aliphatic rings. The molecule has 20 heavy (non-hydrogen) atoms. The van der Waals surface area contributed by atoms with Gasteiger partial charge >= 0.3 is 0 Å². The fourth-order valence-corrected chi connectivity index (χ4v) is 3.08. The van der Waals surface area contributed by atoms with E-state index in [0.29, 0.717) is 12.0 Å². The Morgan fingerprint density at radius 1 is 1.35 bits per heavy atom. The van der Waals surface area contributed by atoms with Gasteiger partial charge in [0.05, 0.1) is 11.7 Å². The van der Waals surface area contributed by atoms with Crippen molar-refractivity contribution in [2.75, 3.05) is 20.6 Å². The van der Waals surface area contributed by atoms with Gasteiger partial charge in [-0.3, -0.25) is 9.25 Å². The third kappa shape index (κ3) is 2.54. The summed E-state index contributed by atoms with van der Waals surface area (Å²) >= 11 is 5.57. The zero-order valence-corrected chi connectivity index (χ0v) is 14.1. The van der Waals surface area contributed by atoms with Crippen LogP contribution >= 0.6 is 12.2 Å². The Morgan fingerprint density at radius 2 is 2.00 bits per heavy atom. The van der Waals surface area contributed by atoms with Crippen molar-refractivity contribution in [3.8, 4) is 0 Å². The first-order valence-corrected chi connectivity index (χ1v) is 7.58. The van der Waals surface area contributed by atoms with Crippen LogP contribution in [0.25, 0.3) is 11.2 Å². The largest absolute Gasteiger partial charge is 0.328 e. The number of likely N-dealkylation sites (N-methyl/N-ethyl adjacent to an activating group) is 1. The van der Waals surface area contributed by atoms with E-state index >= 15 is 0 Å². The van der Waals surface area contributed by atoms with Crippen molar-refractivity contribution < 1.29 is 0 Å². The van der Waals surface area contributed by atoms with E-state index in [-0.39, 0.29) is 0 Å². The monoisotopic (exact) mass is 295 g/mol. The summed E-state index contributed by atoms with van der Waals surface area (Å²) in [7, 11) is 6.20. The Morgan fingerprint density at radius 3 is 2.50 bits per heavy atom. The highest BCUT2D eigenvalue weighted by Gasteiger charge is 2.23. The number of aromatic amines is 1. The number of H-pyrrole nitrogens is 1. The van der Waals surface area contributed by atoms with Gasteiger partial charge in [-0.15, -0.1) is 0 Å². The summed E-state index contributed by atoms with van der Waals surface area (Å²) in [4.78, 5) is 5.56. The highest BCUT2D eigenvalue weighted by Crippen LogP contribution is 2.26. The zero-order chi connectivity index (χ0) is 15.0. The van der Waals surface area contributed by atoms with Crippen LogP contribution in [-0.4, -0.2) is 44.9 Å². The zero-order valence-electron chi connectivity index (χ0n) is 13.3. The van der Waals surface area contributed by atoms with Gasteiger partial charge in [-0.25, -0.2) is 0 Å². The van der Waals surface area contributed by atoms with Crippen LogP contribution in [0.4, 0.5) is 0 Å². The van der Waals surface area contributed by atoms with Gasteiger partial charge in [0, 0.05) is 13.6 Å². The molecule has 0 aliphatic carbocycles. The Bertz CT molecular complexity index is 646. The van der Waals surface area contributed by atoms with Gasteiger partial charge in [0.2, 0.25) is 0 Å². The number of hydrogen-bond acceptors (Lipinski definition) is 3. The van der Waals surface area contributed by atoms with E-state index in [1.165, 1.54) is 0 Å². The average Bonchev–Trinajstić information content (AvgIpc) is 2.83. The molecule has 1 atom stereocenters. The van der Waals surface area contributed by atoms with E-state index in [9.17, 15) is 0 Å². The highest BCUT2D eigenvalue weighted by molar-refractivity contribution is 7.71. The first kappa shape index (κ1) is 15.3. The topological polar surface area (TPSA) is 41.8 Å². The lowest BCUT2D eigenvalue weighted by Crippen LogP contribution is -2.28. The molecule has 6 heteroatoms. The number of nitrogens with zero attached hydrogens (tertiary/aromatic N) is 4. The van der Waals surface area contributed by atoms with Crippen LogP contribution < -0.4 is 0 Å². The van der Waals surface area contributed by atoms with E-state index in [2.05, 4.69) is 54.4 Å². The summed E-state index contributed by atoms with van der Waals surface area (Å²) in [5.41, 5.74) is 3.27. The van der Waals surface area contributed by atoms with Crippen LogP contribution in [0.5, 0.6) is 0 Å². The van der Waals surface area contributed by atoms with Crippen LogP contribution in [0.3, 0.4) is 0 Å². The predicted molar refractivity (Wildman–Crippen MR) is 85.7 cm³/mol. The van der Waals surface area contributed by atoms with Gasteiger partial charge in [-0.05, 0) is 38.7 Å². The first-order valence-electron chi connectivity index (χ1n) is 7.17. The molecular formula is C14H25N5S. The maximum absolute atomic E-state index is 5.57. The smallest absolute Gasteiger partial charge is 0.179 e. The summed E-state index contributed by atoms with van der Waals surface area (Å²) in [6.45, 7) is 7.57. The number of rotatable bonds is 5. The lowest BCUT2D eigenvalue weighted by atomic mass is 10.0. The molecule has 0 spiro atoms. The van der Waals surface area contributed by atoms with E-state index in [0.717, 1.165) is 34.6 Å². The van der Waals surface area contributed by atoms with Crippen molar-refractivity contribution in [2.45, 2.75) is 33.2 Å². The maximum atomic E-state index is 5.57. The van der Waals surface area contributed by atoms with Gasteiger partial charge < -0.3 is 9.88 Å². The molecule has 5 nitrogen and oxygen atoms in total. The molecule has 0 aliphatic heterocycles. The number of nitrogens with one attached hydrogen (secondary N) is 1. The second-order valence-electron chi connectivity index (χ2n) is 6.00. The fourth-order valence-electron chi connectivity index (χ4n) is 2.76. The molecule has 2 heterocycles. The molecule has 2 aromatic rings. The highest BCUT2D eigenvalue weighted by atomic mass is 32.1. The molecule has 0 bridgehead atoms. The summed E-state index contributed by atoms with van der Waals surface area (Å²) in [6.07, 6.45) is 0.909. The summed E-state index contributed by atoms with van der Waals surface area (Å²) < 4.78 is 4.98. The van der Waals surface area contributed by atoms with E-state index < -0.39 is 0 Å². The summed E-state index contributed by atoms with van der Waals surface area (Å²) in [5, 5.41) is 4.60. The minimum atomic E-state index is 0.339. The van der Waals surface area contributed by atoms with Crippen molar-refractivity contribution in [1.29, 1.82) is 0 Å². The van der Waals surface area contributed by atoms with Crippen LogP contribution in [0.1, 0.15) is 32.5 Å². The van der Waals surface area contributed by atoms with Gasteiger partial charge in [-0.2, -0.15) is 5.10 Å². The van der Waals surface area contributed by atoms with E-state index in [1.807, 2.05) is 11.7 Å². The summed E-state index contributed by atoms with van der Waals surface area (Å²) in [6, 6.07) is 0.339. The third-order valence-electron chi connectivity index (χ3n) is 3.76. The number of aryl methyl sites for hydroxylation is 2. The predicted octanol–water partition coefficient (Wildman–Crippen LogP) is 2.75. The Kier molecular flexibility index (Phi) is 4.34. The van der Waals surface area contributed by atoms with Crippen LogP contribution in [-0.2, 0) is 13.5 Å². The Labute approximate surface area is 125 Å². The molecule has 2 aromatic heterocycles. The van der Waals surface area contributed by atoms with E-state index in [4.69, 9.17) is 12.2 Å². The van der Waals surface area contributed by atoms with Gasteiger partial charge in [-0.1, -0.05) is 20.8 Å². The Balaban J connectivity index is 2.65.